The van der Waals surface area contributed by atoms with E-state index in [9.17, 15) is 18.0 Å². The first-order chi connectivity index (χ1) is 9.90. The molecule has 0 N–H and O–H groups in total. The molecule has 2 rings (SSSR count). The lowest BCUT2D eigenvalue weighted by Gasteiger charge is -2.08. The minimum Gasteiger partial charge on any atom is -0.484 e. The highest BCUT2D eigenvalue weighted by molar-refractivity contribution is 5.86. The second-order valence-corrected chi connectivity index (χ2v) is 3.93. The van der Waals surface area contributed by atoms with Gasteiger partial charge in [0.05, 0.1) is 12.7 Å². The molecule has 1 heterocycles. The second-order valence-electron chi connectivity index (χ2n) is 3.93. The molecule has 0 saturated heterocycles. The van der Waals surface area contributed by atoms with Crippen molar-refractivity contribution in [2.45, 2.75) is 12.8 Å². The van der Waals surface area contributed by atoms with Crippen molar-refractivity contribution < 1.29 is 31.9 Å². The molecule has 0 bridgehead atoms. The van der Waals surface area contributed by atoms with Crippen LogP contribution < -0.4 is 4.74 Å². The summed E-state index contributed by atoms with van der Waals surface area (Å²) in [5.74, 6) is -0.612. The third-order valence-corrected chi connectivity index (χ3v) is 2.47. The van der Waals surface area contributed by atoms with Crippen LogP contribution in [-0.4, -0.2) is 18.1 Å². The van der Waals surface area contributed by atoms with Crippen molar-refractivity contribution in [1.29, 1.82) is 0 Å². The third kappa shape index (κ3) is 3.74. The lowest BCUT2D eigenvalue weighted by Crippen LogP contribution is -2.05. The molecule has 0 aliphatic carbocycles. The predicted molar refractivity (Wildman–Crippen MR) is 63.6 cm³/mol. The largest absolute Gasteiger partial charge is 0.484 e. The van der Waals surface area contributed by atoms with Crippen LogP contribution in [-0.2, 0) is 17.5 Å². The van der Waals surface area contributed by atoms with Gasteiger partial charge in [-0.2, -0.15) is 13.2 Å². The van der Waals surface area contributed by atoms with Crippen LogP contribution in [0.2, 0.25) is 0 Å². The Morgan fingerprint density at radius 1 is 1.38 bits per heavy atom. The minimum absolute atomic E-state index is 0.0163. The maximum Gasteiger partial charge on any atom is 0.416 e. The molecule has 0 saturated carbocycles. The van der Waals surface area contributed by atoms with E-state index >= 15 is 0 Å². The molecule has 0 spiro atoms. The number of hydrogen-bond donors (Lipinski definition) is 0. The van der Waals surface area contributed by atoms with E-state index in [4.69, 9.17) is 9.15 Å². The normalized spacial score (nSPS) is 11.2. The summed E-state index contributed by atoms with van der Waals surface area (Å²) < 4.78 is 52.1. The third-order valence-electron chi connectivity index (χ3n) is 2.47. The van der Waals surface area contributed by atoms with Gasteiger partial charge in [-0.3, -0.25) is 0 Å². The SMILES string of the molecule is COC(=O)c1coc(COc2cccc(C(F)(F)F)c2)n1. The first kappa shape index (κ1) is 14.9. The van der Waals surface area contributed by atoms with Gasteiger partial charge in [0.25, 0.3) is 0 Å². The van der Waals surface area contributed by atoms with Crippen molar-refractivity contribution in [1.82, 2.24) is 4.98 Å². The Kier molecular flexibility index (Phi) is 4.15. The summed E-state index contributed by atoms with van der Waals surface area (Å²) in [6, 6.07) is 4.41. The number of hydrogen-bond acceptors (Lipinski definition) is 5. The van der Waals surface area contributed by atoms with Crippen LogP contribution in [0, 0.1) is 0 Å². The Labute approximate surface area is 117 Å². The molecule has 1 aromatic heterocycles. The van der Waals surface area contributed by atoms with Crippen molar-refractivity contribution >= 4 is 5.97 Å². The fourth-order valence-corrected chi connectivity index (χ4v) is 1.48. The second kappa shape index (κ2) is 5.86. The summed E-state index contributed by atoms with van der Waals surface area (Å²) in [5, 5.41) is 0. The van der Waals surface area contributed by atoms with Gasteiger partial charge in [0.2, 0.25) is 5.89 Å². The molecule has 8 heteroatoms. The highest BCUT2D eigenvalue weighted by Gasteiger charge is 2.30. The summed E-state index contributed by atoms with van der Waals surface area (Å²) >= 11 is 0. The number of esters is 1. The van der Waals surface area contributed by atoms with Gasteiger partial charge in [0.15, 0.2) is 12.3 Å². The number of methoxy groups -OCH3 is 1. The molecule has 2 aromatic rings. The molecule has 112 valence electrons. The Hall–Kier alpha value is -2.51. The summed E-state index contributed by atoms with van der Waals surface area (Å²) in [6.07, 6.45) is -3.36. The van der Waals surface area contributed by atoms with Crippen molar-refractivity contribution in [3.63, 3.8) is 0 Å². The van der Waals surface area contributed by atoms with E-state index in [0.29, 0.717) is 0 Å². The lowest BCUT2D eigenvalue weighted by atomic mass is 10.2. The van der Waals surface area contributed by atoms with E-state index < -0.39 is 17.7 Å². The zero-order chi connectivity index (χ0) is 15.5. The Morgan fingerprint density at radius 3 is 2.81 bits per heavy atom. The van der Waals surface area contributed by atoms with E-state index in [1.165, 1.54) is 19.2 Å². The van der Waals surface area contributed by atoms with Crippen molar-refractivity contribution in [2.24, 2.45) is 0 Å². The zero-order valence-electron chi connectivity index (χ0n) is 10.8. The van der Waals surface area contributed by atoms with E-state index in [0.717, 1.165) is 18.4 Å². The van der Waals surface area contributed by atoms with Gasteiger partial charge >= 0.3 is 12.1 Å². The minimum atomic E-state index is -4.44. The summed E-state index contributed by atoms with van der Waals surface area (Å²) in [5.41, 5.74) is -0.859. The molecule has 1 aromatic carbocycles. The van der Waals surface area contributed by atoms with Gasteiger partial charge in [-0.05, 0) is 18.2 Å². The van der Waals surface area contributed by atoms with Crippen LogP contribution in [0.4, 0.5) is 13.2 Å². The molecule has 0 unspecified atom stereocenters. The van der Waals surface area contributed by atoms with Crippen molar-refractivity contribution in [3.05, 3.63) is 47.7 Å². The number of aromatic nitrogens is 1. The number of carbonyl (C=O) groups is 1. The maximum atomic E-state index is 12.5. The van der Waals surface area contributed by atoms with E-state index in [1.807, 2.05) is 0 Å². The molecule has 5 nitrogen and oxygen atoms in total. The molecule has 21 heavy (non-hydrogen) atoms. The van der Waals surface area contributed by atoms with Gasteiger partial charge in [0.1, 0.15) is 12.0 Å². The molecule has 0 fully saturated rings. The standard InChI is InChI=1S/C13H10F3NO4/c1-19-12(18)10-6-21-11(17-10)7-20-9-4-2-3-8(5-9)13(14,15)16/h2-6H,7H2,1H3. The first-order valence-corrected chi connectivity index (χ1v) is 5.73. The number of benzene rings is 1. The first-order valence-electron chi connectivity index (χ1n) is 5.73. The number of oxazole rings is 1. The fraction of sp³-hybridized carbons (Fsp3) is 0.231. The summed E-state index contributed by atoms with van der Waals surface area (Å²) in [6.45, 7) is -0.210. The molecular weight excluding hydrogens is 291 g/mol. The van der Waals surface area contributed by atoms with Crippen molar-refractivity contribution in [3.8, 4) is 5.75 Å². The maximum absolute atomic E-state index is 12.5. The average Bonchev–Trinajstić information content (AvgIpc) is 2.92. The van der Waals surface area contributed by atoms with Crippen LogP contribution in [0.15, 0.2) is 34.9 Å². The van der Waals surface area contributed by atoms with Crippen LogP contribution in [0.3, 0.4) is 0 Å². The van der Waals surface area contributed by atoms with Crippen LogP contribution >= 0.6 is 0 Å². The van der Waals surface area contributed by atoms with Crippen molar-refractivity contribution in [2.75, 3.05) is 7.11 Å². The molecule has 0 radical (unpaired) electrons. The lowest BCUT2D eigenvalue weighted by molar-refractivity contribution is -0.137. The van der Waals surface area contributed by atoms with E-state index in [1.54, 1.807) is 0 Å². The van der Waals surface area contributed by atoms with Gasteiger partial charge in [-0.1, -0.05) is 6.07 Å². The summed E-state index contributed by atoms with van der Waals surface area (Å²) in [7, 11) is 1.19. The van der Waals surface area contributed by atoms with Gasteiger partial charge < -0.3 is 13.9 Å². The Balaban J connectivity index is 2.03. The number of halogens is 3. The van der Waals surface area contributed by atoms with Crippen LogP contribution in [0.1, 0.15) is 21.9 Å². The monoisotopic (exact) mass is 301 g/mol. The smallest absolute Gasteiger partial charge is 0.416 e. The topological polar surface area (TPSA) is 61.6 Å². The highest BCUT2D eigenvalue weighted by atomic mass is 19.4. The van der Waals surface area contributed by atoms with Gasteiger partial charge in [-0.25, -0.2) is 9.78 Å². The molecule has 0 amide bonds. The number of alkyl halides is 3. The number of ether oxygens (including phenoxy) is 2. The quantitative estimate of drug-likeness (QED) is 0.812. The van der Waals surface area contributed by atoms with Crippen LogP contribution in [0.25, 0.3) is 0 Å². The number of carbonyl (C=O) groups excluding carboxylic acids is 1. The van der Waals surface area contributed by atoms with E-state index in [2.05, 4.69) is 9.72 Å². The fourth-order valence-electron chi connectivity index (χ4n) is 1.48. The Bertz CT molecular complexity index is 636. The number of nitrogens with zero attached hydrogens (tertiary/aromatic N) is 1. The molecule has 0 atom stereocenters. The van der Waals surface area contributed by atoms with Gasteiger partial charge in [-0.15, -0.1) is 0 Å². The number of rotatable bonds is 4. The highest BCUT2D eigenvalue weighted by Crippen LogP contribution is 2.31. The molecular formula is C13H10F3NO4. The molecule has 0 aliphatic rings. The van der Waals surface area contributed by atoms with Crippen LogP contribution in [0.5, 0.6) is 5.75 Å². The average molecular weight is 301 g/mol. The zero-order valence-corrected chi connectivity index (χ0v) is 10.8. The summed E-state index contributed by atoms with van der Waals surface area (Å²) in [4.78, 5) is 14.9. The van der Waals surface area contributed by atoms with Gasteiger partial charge in [0, 0.05) is 0 Å². The molecule has 0 aliphatic heterocycles. The predicted octanol–water partition coefficient (Wildman–Crippen LogP) is 3.06. The Morgan fingerprint density at radius 2 is 2.14 bits per heavy atom. The van der Waals surface area contributed by atoms with E-state index in [-0.39, 0.29) is 23.9 Å².